The summed E-state index contributed by atoms with van der Waals surface area (Å²) < 4.78 is 16.6. The Hall–Kier alpha value is -1.26. The van der Waals surface area contributed by atoms with Gasteiger partial charge in [0.05, 0.1) is 19.8 Å². The summed E-state index contributed by atoms with van der Waals surface area (Å²) in [5.41, 5.74) is 1.07. The molecule has 1 unspecified atom stereocenters. The van der Waals surface area contributed by atoms with Crippen molar-refractivity contribution in [3.63, 3.8) is 0 Å². The molecule has 0 aromatic heterocycles. The second-order valence-corrected chi connectivity index (χ2v) is 4.59. The lowest BCUT2D eigenvalue weighted by molar-refractivity contribution is 0.124. The summed E-state index contributed by atoms with van der Waals surface area (Å²) in [6, 6.07) is 6.05. The predicted molar refractivity (Wildman–Crippen MR) is 81.7 cm³/mol. The number of rotatable bonds is 10. The van der Waals surface area contributed by atoms with E-state index >= 15 is 0 Å². The first-order valence-corrected chi connectivity index (χ1v) is 7.30. The minimum Gasteiger partial charge on any atom is -0.496 e. The lowest BCUT2D eigenvalue weighted by Gasteiger charge is -2.23. The Kier molecular flexibility index (Phi) is 8.07. The fraction of sp³-hybridized carbons (Fsp3) is 0.625. The molecule has 0 aliphatic heterocycles. The molecule has 0 bridgehead atoms. The van der Waals surface area contributed by atoms with Crippen LogP contribution in [0.15, 0.2) is 18.2 Å². The zero-order chi connectivity index (χ0) is 14.8. The monoisotopic (exact) mass is 281 g/mol. The highest BCUT2D eigenvalue weighted by molar-refractivity contribution is 5.47. The van der Waals surface area contributed by atoms with Crippen molar-refractivity contribution in [3.8, 4) is 11.5 Å². The van der Waals surface area contributed by atoms with Gasteiger partial charge in [-0.25, -0.2) is 0 Å². The van der Waals surface area contributed by atoms with Crippen molar-refractivity contribution in [2.75, 3.05) is 34.0 Å². The Morgan fingerprint density at radius 2 is 1.70 bits per heavy atom. The molecular formula is C16H27NO3. The van der Waals surface area contributed by atoms with Gasteiger partial charge in [0.15, 0.2) is 0 Å². The van der Waals surface area contributed by atoms with Gasteiger partial charge in [0.1, 0.15) is 11.5 Å². The Balaban J connectivity index is 2.88. The zero-order valence-corrected chi connectivity index (χ0v) is 13.1. The van der Waals surface area contributed by atoms with Gasteiger partial charge in [0.2, 0.25) is 0 Å². The molecule has 1 atom stereocenters. The molecule has 114 valence electrons. The molecule has 1 N–H and O–H groups in total. The van der Waals surface area contributed by atoms with Gasteiger partial charge >= 0.3 is 0 Å². The maximum atomic E-state index is 5.61. The van der Waals surface area contributed by atoms with Crippen LogP contribution in [0.3, 0.4) is 0 Å². The summed E-state index contributed by atoms with van der Waals surface area (Å²) in [5, 5.41) is 3.49. The van der Waals surface area contributed by atoms with Crippen molar-refractivity contribution in [2.45, 2.75) is 32.7 Å². The molecule has 0 heterocycles. The van der Waals surface area contributed by atoms with Crippen LogP contribution in [0.2, 0.25) is 0 Å². The molecular weight excluding hydrogens is 254 g/mol. The average Bonchev–Trinajstić information content (AvgIpc) is 2.49. The zero-order valence-electron chi connectivity index (χ0n) is 13.1. The first-order chi connectivity index (χ1) is 9.78. The molecule has 4 heteroatoms. The molecule has 0 saturated heterocycles. The van der Waals surface area contributed by atoms with E-state index in [9.17, 15) is 0 Å². The Morgan fingerprint density at radius 1 is 1.05 bits per heavy atom. The summed E-state index contributed by atoms with van der Waals surface area (Å²) in [6.07, 6.45) is 1.94. The molecule has 1 rings (SSSR count). The van der Waals surface area contributed by atoms with Gasteiger partial charge in [-0.1, -0.05) is 19.9 Å². The third-order valence-corrected chi connectivity index (χ3v) is 3.16. The van der Waals surface area contributed by atoms with E-state index in [1.165, 1.54) is 0 Å². The molecule has 0 radical (unpaired) electrons. The number of ether oxygens (including phenoxy) is 3. The van der Waals surface area contributed by atoms with Gasteiger partial charge < -0.3 is 19.5 Å². The van der Waals surface area contributed by atoms with Gasteiger partial charge in [-0.3, -0.25) is 0 Å². The normalized spacial score (nSPS) is 12.2. The van der Waals surface area contributed by atoms with Gasteiger partial charge in [0, 0.05) is 19.3 Å². The molecule has 0 saturated carbocycles. The second kappa shape index (κ2) is 9.61. The Morgan fingerprint density at radius 3 is 2.20 bits per heavy atom. The average molecular weight is 281 g/mol. The van der Waals surface area contributed by atoms with E-state index in [2.05, 4.69) is 19.2 Å². The molecule has 0 spiro atoms. The van der Waals surface area contributed by atoms with Gasteiger partial charge in [0.25, 0.3) is 0 Å². The van der Waals surface area contributed by atoms with E-state index in [1.54, 1.807) is 14.2 Å². The van der Waals surface area contributed by atoms with Crippen molar-refractivity contribution >= 4 is 0 Å². The fourth-order valence-corrected chi connectivity index (χ4v) is 2.27. The summed E-state index contributed by atoms with van der Waals surface area (Å²) in [5.74, 6) is 1.71. The lowest BCUT2D eigenvalue weighted by Crippen LogP contribution is -2.23. The SMILES string of the molecule is CCCOCCC(NCC)c1c(OC)cccc1OC. The largest absolute Gasteiger partial charge is 0.496 e. The van der Waals surface area contributed by atoms with Crippen molar-refractivity contribution < 1.29 is 14.2 Å². The highest BCUT2D eigenvalue weighted by atomic mass is 16.5. The minimum atomic E-state index is 0.169. The quantitative estimate of drug-likeness (QED) is 0.669. The molecule has 0 aliphatic rings. The molecule has 0 amide bonds. The molecule has 0 fully saturated rings. The van der Waals surface area contributed by atoms with Gasteiger partial charge in [-0.15, -0.1) is 0 Å². The Labute approximate surface area is 122 Å². The maximum absolute atomic E-state index is 5.61. The Bertz CT molecular complexity index is 360. The predicted octanol–water partition coefficient (Wildman–Crippen LogP) is 3.17. The van der Waals surface area contributed by atoms with Crippen LogP contribution in [0.25, 0.3) is 0 Å². The maximum Gasteiger partial charge on any atom is 0.127 e. The van der Waals surface area contributed by atoms with Crippen LogP contribution in [0.1, 0.15) is 38.3 Å². The van der Waals surface area contributed by atoms with Crippen molar-refractivity contribution in [3.05, 3.63) is 23.8 Å². The first-order valence-electron chi connectivity index (χ1n) is 7.30. The van der Waals surface area contributed by atoms with Crippen LogP contribution >= 0.6 is 0 Å². The molecule has 1 aromatic rings. The smallest absolute Gasteiger partial charge is 0.127 e. The highest BCUT2D eigenvalue weighted by Crippen LogP contribution is 2.35. The van der Waals surface area contributed by atoms with E-state index in [0.717, 1.165) is 49.7 Å². The topological polar surface area (TPSA) is 39.7 Å². The third-order valence-electron chi connectivity index (χ3n) is 3.16. The second-order valence-electron chi connectivity index (χ2n) is 4.59. The third kappa shape index (κ3) is 4.69. The van der Waals surface area contributed by atoms with Crippen molar-refractivity contribution in [2.24, 2.45) is 0 Å². The molecule has 1 aromatic carbocycles. The number of hydrogen-bond acceptors (Lipinski definition) is 4. The summed E-state index contributed by atoms with van der Waals surface area (Å²) >= 11 is 0. The number of benzene rings is 1. The van der Waals surface area contributed by atoms with Crippen LogP contribution in [-0.4, -0.2) is 34.0 Å². The fourth-order valence-electron chi connectivity index (χ4n) is 2.27. The van der Waals surface area contributed by atoms with Gasteiger partial charge in [-0.2, -0.15) is 0 Å². The summed E-state index contributed by atoms with van der Waals surface area (Å²) in [7, 11) is 3.38. The molecule has 20 heavy (non-hydrogen) atoms. The lowest BCUT2D eigenvalue weighted by atomic mass is 10.0. The van der Waals surface area contributed by atoms with E-state index < -0.39 is 0 Å². The number of methoxy groups -OCH3 is 2. The summed E-state index contributed by atoms with van der Waals surface area (Å²) in [6.45, 7) is 6.64. The van der Waals surface area contributed by atoms with Crippen LogP contribution in [0, 0.1) is 0 Å². The number of hydrogen-bond donors (Lipinski definition) is 1. The van der Waals surface area contributed by atoms with Crippen molar-refractivity contribution in [1.82, 2.24) is 5.32 Å². The first kappa shape index (κ1) is 16.8. The van der Waals surface area contributed by atoms with E-state index in [0.29, 0.717) is 0 Å². The van der Waals surface area contributed by atoms with E-state index in [4.69, 9.17) is 14.2 Å². The van der Waals surface area contributed by atoms with Crippen LogP contribution in [-0.2, 0) is 4.74 Å². The van der Waals surface area contributed by atoms with E-state index in [-0.39, 0.29) is 6.04 Å². The standard InChI is InChI=1S/C16H27NO3/c1-5-11-20-12-10-13(17-6-2)16-14(18-3)8-7-9-15(16)19-4/h7-9,13,17H,5-6,10-12H2,1-4H3. The van der Waals surface area contributed by atoms with Crippen LogP contribution in [0.4, 0.5) is 0 Å². The molecule has 0 aliphatic carbocycles. The van der Waals surface area contributed by atoms with Crippen molar-refractivity contribution in [1.29, 1.82) is 0 Å². The van der Waals surface area contributed by atoms with Crippen LogP contribution < -0.4 is 14.8 Å². The molecule has 4 nitrogen and oxygen atoms in total. The van der Waals surface area contributed by atoms with E-state index in [1.807, 2.05) is 18.2 Å². The van der Waals surface area contributed by atoms with Gasteiger partial charge in [-0.05, 0) is 31.5 Å². The number of nitrogens with one attached hydrogen (secondary N) is 1. The van der Waals surface area contributed by atoms with Crippen LogP contribution in [0.5, 0.6) is 11.5 Å². The summed E-state index contributed by atoms with van der Waals surface area (Å²) in [4.78, 5) is 0. The highest BCUT2D eigenvalue weighted by Gasteiger charge is 2.19. The minimum absolute atomic E-state index is 0.169.